The summed E-state index contributed by atoms with van der Waals surface area (Å²) in [4.78, 5) is 0.0449. The summed E-state index contributed by atoms with van der Waals surface area (Å²) < 4.78 is 49.0. The smallest absolute Gasteiger partial charge is 0.299 e. The first kappa shape index (κ1) is 17.2. The van der Waals surface area contributed by atoms with Gasteiger partial charge in [-0.05, 0) is 36.2 Å². The summed E-state index contributed by atoms with van der Waals surface area (Å²) in [5.74, 6) is -0.118. The second-order valence-electron chi connectivity index (χ2n) is 5.21. The molecule has 0 aliphatic carbocycles. The summed E-state index contributed by atoms with van der Waals surface area (Å²) in [5.41, 5.74) is 1.12. The fourth-order valence-corrected chi connectivity index (χ4v) is 2.73. The lowest BCUT2D eigenvalue weighted by Gasteiger charge is -2.07. The highest BCUT2D eigenvalue weighted by molar-refractivity contribution is 7.89. The molecule has 0 saturated carbocycles. The van der Waals surface area contributed by atoms with Crippen molar-refractivity contribution in [2.75, 3.05) is 11.9 Å². The summed E-state index contributed by atoms with van der Waals surface area (Å²) in [6, 6.07) is 9.33. The van der Waals surface area contributed by atoms with Crippen molar-refractivity contribution < 1.29 is 17.2 Å². The topological polar surface area (TPSA) is 115 Å². The minimum atomic E-state index is -3.71. The fraction of sp³-hybridized carbons (Fsp3) is 0.214. The maximum atomic E-state index is 12.8. The van der Waals surface area contributed by atoms with Gasteiger partial charge in [-0.3, -0.25) is 0 Å². The van der Waals surface area contributed by atoms with Gasteiger partial charge in [0, 0.05) is 6.54 Å². The molecule has 1 aromatic carbocycles. The van der Waals surface area contributed by atoms with E-state index in [1.54, 1.807) is 18.2 Å². The average molecular weight is 368 g/mol. The molecule has 2 aromatic heterocycles. The van der Waals surface area contributed by atoms with Gasteiger partial charge in [0.15, 0.2) is 5.65 Å². The summed E-state index contributed by atoms with van der Waals surface area (Å²) in [6.45, 7) is 0.472. The van der Waals surface area contributed by atoms with Crippen molar-refractivity contribution >= 4 is 21.5 Å². The van der Waals surface area contributed by atoms with Crippen molar-refractivity contribution in [1.82, 2.24) is 19.8 Å². The Labute approximate surface area is 141 Å². The van der Waals surface area contributed by atoms with Crippen LogP contribution in [0.25, 0.3) is 5.65 Å². The van der Waals surface area contributed by atoms with Crippen LogP contribution in [0.4, 0.5) is 14.6 Å². The lowest BCUT2D eigenvalue weighted by Crippen LogP contribution is -2.12. The Morgan fingerprint density at radius 1 is 1.12 bits per heavy atom. The Bertz CT molecular complexity index is 988. The molecule has 0 amide bonds. The third-order valence-corrected chi connectivity index (χ3v) is 4.38. The standard InChI is InChI=1S/C14H14F2N6O2S/c15-13(16)14-20-19-12-6-5-11(21-22(12)14)18-8-7-9-1-3-10(4-2-9)25(17,23)24/h1-6,13H,7-8H2,(H,18,21)(H2,17,23,24). The van der Waals surface area contributed by atoms with Crippen LogP contribution >= 0.6 is 0 Å². The summed E-state index contributed by atoms with van der Waals surface area (Å²) >= 11 is 0. The van der Waals surface area contributed by atoms with Gasteiger partial charge in [-0.1, -0.05) is 12.1 Å². The molecule has 0 fully saturated rings. The lowest BCUT2D eigenvalue weighted by molar-refractivity contribution is 0.137. The molecule has 132 valence electrons. The number of halogens is 2. The van der Waals surface area contributed by atoms with Crippen LogP contribution in [-0.2, 0) is 16.4 Å². The molecule has 3 aromatic rings. The molecule has 0 spiro atoms. The number of alkyl halides is 2. The van der Waals surface area contributed by atoms with Crippen molar-refractivity contribution in [3.05, 3.63) is 47.8 Å². The predicted molar refractivity (Wildman–Crippen MR) is 85.7 cm³/mol. The maximum Gasteiger partial charge on any atom is 0.299 e. The molecular weight excluding hydrogens is 354 g/mol. The fourth-order valence-electron chi connectivity index (χ4n) is 2.22. The van der Waals surface area contributed by atoms with Gasteiger partial charge in [0.2, 0.25) is 15.8 Å². The highest BCUT2D eigenvalue weighted by Crippen LogP contribution is 2.17. The van der Waals surface area contributed by atoms with Crippen LogP contribution in [0, 0.1) is 0 Å². The van der Waals surface area contributed by atoms with Crippen LogP contribution in [0.1, 0.15) is 17.8 Å². The highest BCUT2D eigenvalue weighted by atomic mass is 32.2. The van der Waals surface area contributed by atoms with E-state index in [1.807, 2.05) is 0 Å². The lowest BCUT2D eigenvalue weighted by atomic mass is 10.1. The SMILES string of the molecule is NS(=O)(=O)c1ccc(CCNc2ccc3nnc(C(F)F)n3n2)cc1. The van der Waals surface area contributed by atoms with Gasteiger partial charge in [-0.25, -0.2) is 22.3 Å². The zero-order valence-electron chi connectivity index (χ0n) is 12.8. The number of hydrogen-bond acceptors (Lipinski definition) is 6. The first-order chi connectivity index (χ1) is 11.8. The van der Waals surface area contributed by atoms with E-state index in [9.17, 15) is 17.2 Å². The van der Waals surface area contributed by atoms with Crippen LogP contribution in [-0.4, -0.2) is 34.8 Å². The van der Waals surface area contributed by atoms with Crippen molar-refractivity contribution in [1.29, 1.82) is 0 Å². The van der Waals surface area contributed by atoms with E-state index in [0.717, 1.165) is 10.1 Å². The Balaban J connectivity index is 1.66. The van der Waals surface area contributed by atoms with Crippen molar-refractivity contribution in [2.45, 2.75) is 17.7 Å². The number of primary sulfonamides is 1. The number of nitrogens with one attached hydrogen (secondary N) is 1. The molecule has 0 aliphatic heterocycles. The van der Waals surface area contributed by atoms with Crippen LogP contribution in [0.15, 0.2) is 41.3 Å². The van der Waals surface area contributed by atoms with Crippen LogP contribution < -0.4 is 10.5 Å². The Morgan fingerprint density at radius 3 is 2.48 bits per heavy atom. The highest BCUT2D eigenvalue weighted by Gasteiger charge is 2.16. The van der Waals surface area contributed by atoms with E-state index in [1.165, 1.54) is 18.2 Å². The van der Waals surface area contributed by atoms with E-state index < -0.39 is 22.3 Å². The zero-order valence-corrected chi connectivity index (χ0v) is 13.6. The van der Waals surface area contributed by atoms with Crippen LogP contribution in [0.3, 0.4) is 0 Å². The van der Waals surface area contributed by atoms with E-state index >= 15 is 0 Å². The molecule has 8 nitrogen and oxygen atoms in total. The Kier molecular flexibility index (Phi) is 4.59. The van der Waals surface area contributed by atoms with E-state index in [0.29, 0.717) is 18.8 Å². The molecule has 11 heteroatoms. The van der Waals surface area contributed by atoms with Crippen LogP contribution in [0.5, 0.6) is 0 Å². The number of hydrogen-bond donors (Lipinski definition) is 2. The van der Waals surface area contributed by atoms with Gasteiger partial charge in [-0.2, -0.15) is 4.52 Å². The third-order valence-electron chi connectivity index (χ3n) is 3.45. The number of sulfonamides is 1. The second kappa shape index (κ2) is 6.69. The van der Waals surface area contributed by atoms with Gasteiger partial charge >= 0.3 is 0 Å². The number of benzene rings is 1. The summed E-state index contributed by atoms with van der Waals surface area (Å²) in [7, 11) is -3.71. The quantitative estimate of drug-likeness (QED) is 0.679. The number of nitrogens with two attached hydrogens (primary N) is 1. The molecule has 3 rings (SSSR count). The third kappa shape index (κ3) is 3.88. The first-order valence-corrected chi connectivity index (χ1v) is 8.75. The molecule has 0 saturated heterocycles. The first-order valence-electron chi connectivity index (χ1n) is 7.21. The average Bonchev–Trinajstić information content (AvgIpc) is 2.98. The van der Waals surface area contributed by atoms with E-state index in [2.05, 4.69) is 20.6 Å². The largest absolute Gasteiger partial charge is 0.368 e. The van der Waals surface area contributed by atoms with Crippen LogP contribution in [0.2, 0.25) is 0 Å². The molecule has 0 aliphatic rings. The molecular formula is C14H14F2N6O2S. The summed E-state index contributed by atoms with van der Waals surface area (Å²) in [5, 5.41) is 19.1. The molecule has 3 N–H and O–H groups in total. The number of rotatable bonds is 6. The van der Waals surface area contributed by atoms with Gasteiger partial charge in [0.05, 0.1) is 4.90 Å². The van der Waals surface area contributed by atoms with E-state index in [-0.39, 0.29) is 10.5 Å². The van der Waals surface area contributed by atoms with Crippen molar-refractivity contribution in [3.63, 3.8) is 0 Å². The molecule has 2 heterocycles. The monoisotopic (exact) mass is 368 g/mol. The predicted octanol–water partition coefficient (Wildman–Crippen LogP) is 1.36. The number of fused-ring (bicyclic) bond motifs is 1. The second-order valence-corrected chi connectivity index (χ2v) is 6.77. The number of nitrogens with zero attached hydrogens (tertiary/aromatic N) is 4. The number of aromatic nitrogens is 4. The molecule has 25 heavy (non-hydrogen) atoms. The van der Waals surface area contributed by atoms with Crippen molar-refractivity contribution in [3.8, 4) is 0 Å². The van der Waals surface area contributed by atoms with Gasteiger partial charge in [-0.15, -0.1) is 15.3 Å². The van der Waals surface area contributed by atoms with Gasteiger partial charge in [0.1, 0.15) is 5.82 Å². The zero-order chi connectivity index (χ0) is 18.0. The maximum absolute atomic E-state index is 12.8. The van der Waals surface area contributed by atoms with Crippen molar-refractivity contribution in [2.24, 2.45) is 5.14 Å². The Hall–Kier alpha value is -2.66. The molecule has 0 atom stereocenters. The molecule has 0 unspecified atom stereocenters. The molecule has 0 radical (unpaired) electrons. The van der Waals surface area contributed by atoms with Gasteiger partial charge < -0.3 is 5.32 Å². The minimum Gasteiger partial charge on any atom is -0.368 e. The normalized spacial score (nSPS) is 12.0. The molecule has 0 bridgehead atoms. The number of anilines is 1. The Morgan fingerprint density at radius 2 is 1.84 bits per heavy atom. The van der Waals surface area contributed by atoms with Gasteiger partial charge in [0.25, 0.3) is 6.43 Å². The minimum absolute atomic E-state index is 0.0449. The van der Waals surface area contributed by atoms with E-state index in [4.69, 9.17) is 5.14 Å². The summed E-state index contributed by atoms with van der Waals surface area (Å²) in [6.07, 6.45) is -2.19.